The van der Waals surface area contributed by atoms with Crippen LogP contribution in [0.5, 0.6) is 5.88 Å². The van der Waals surface area contributed by atoms with Crippen LogP contribution in [-0.4, -0.2) is 87.1 Å². The number of rotatable bonds is 6. The molecule has 230 valence electrons. The lowest BCUT2D eigenvalue weighted by Gasteiger charge is -2.36. The number of imidazole rings is 1. The standard InChI is InChI=1S/C31H40N6O6/c1-17(21-12-19(40-4)14-35(21)2)42-28-24-27(37(29(39)36(24)3)31-13-18(31)15-41-16-31)32-26(33-28)23-20-8-7-11-30(25(20)43-34-23)10-6-5-9-22(30)38/h17-19,21H,5-16H2,1-4H3/t17-,18-,19+,21-,30+,31-/m0/s1. The number of likely N-dealkylation sites (N-methyl/N-ethyl adjacent to an activating group) is 1. The Morgan fingerprint density at radius 2 is 1.93 bits per heavy atom. The number of Topliss-reactive ketones (excluding diaryl/α,β-unsaturated/α-hetero) is 1. The van der Waals surface area contributed by atoms with Gasteiger partial charge in [-0.25, -0.2) is 9.78 Å². The molecule has 5 aliphatic rings. The van der Waals surface area contributed by atoms with Crippen molar-refractivity contribution in [3.05, 3.63) is 21.8 Å². The zero-order valence-corrected chi connectivity index (χ0v) is 25.4. The smallest absolute Gasteiger partial charge is 0.330 e. The molecule has 0 unspecified atom stereocenters. The molecule has 2 saturated heterocycles. The van der Waals surface area contributed by atoms with E-state index in [1.807, 2.05) is 11.5 Å². The number of ether oxygens (including phenoxy) is 3. The van der Waals surface area contributed by atoms with Crippen molar-refractivity contribution in [3.8, 4) is 17.4 Å². The average molecular weight is 593 g/mol. The van der Waals surface area contributed by atoms with Crippen LogP contribution < -0.4 is 10.4 Å². The fourth-order valence-electron chi connectivity index (χ4n) is 8.60. The molecule has 3 aliphatic carbocycles. The van der Waals surface area contributed by atoms with Gasteiger partial charge in [0.15, 0.2) is 28.4 Å². The monoisotopic (exact) mass is 592 g/mol. The fraction of sp³-hybridized carbons (Fsp3) is 0.710. The molecule has 8 rings (SSSR count). The molecule has 4 fully saturated rings. The zero-order valence-electron chi connectivity index (χ0n) is 25.4. The quantitative estimate of drug-likeness (QED) is 0.422. The summed E-state index contributed by atoms with van der Waals surface area (Å²) in [5.41, 5.74) is 1.39. The van der Waals surface area contributed by atoms with Crippen molar-refractivity contribution in [2.45, 2.75) is 93.9 Å². The van der Waals surface area contributed by atoms with E-state index >= 15 is 0 Å². The molecule has 43 heavy (non-hydrogen) atoms. The van der Waals surface area contributed by atoms with Crippen molar-refractivity contribution in [2.75, 3.05) is 33.9 Å². The van der Waals surface area contributed by atoms with Crippen LogP contribution in [0.15, 0.2) is 9.32 Å². The molecule has 12 heteroatoms. The maximum Gasteiger partial charge on any atom is 0.330 e. The van der Waals surface area contributed by atoms with Gasteiger partial charge in [0, 0.05) is 44.6 Å². The summed E-state index contributed by atoms with van der Waals surface area (Å²) in [5, 5.41) is 4.52. The summed E-state index contributed by atoms with van der Waals surface area (Å²) >= 11 is 0. The Morgan fingerprint density at radius 3 is 2.65 bits per heavy atom. The first-order chi connectivity index (χ1) is 20.8. The van der Waals surface area contributed by atoms with Gasteiger partial charge in [-0.2, -0.15) is 4.98 Å². The van der Waals surface area contributed by atoms with E-state index in [0.717, 1.165) is 63.5 Å². The summed E-state index contributed by atoms with van der Waals surface area (Å²) in [6.45, 7) is 3.99. The summed E-state index contributed by atoms with van der Waals surface area (Å²) < 4.78 is 27.6. The number of aromatic nitrogens is 5. The van der Waals surface area contributed by atoms with Gasteiger partial charge in [-0.1, -0.05) is 11.6 Å². The van der Waals surface area contributed by atoms with E-state index in [0.29, 0.717) is 54.0 Å². The molecule has 6 atom stereocenters. The lowest BCUT2D eigenvalue weighted by molar-refractivity contribution is -0.128. The van der Waals surface area contributed by atoms with Gasteiger partial charge in [0.25, 0.3) is 0 Å². The third-order valence-electron chi connectivity index (χ3n) is 11.2. The summed E-state index contributed by atoms with van der Waals surface area (Å²) in [4.78, 5) is 39.4. The number of hydrogen-bond donors (Lipinski definition) is 0. The Bertz CT molecular complexity index is 1680. The number of aryl methyl sites for hydroxylation is 1. The highest BCUT2D eigenvalue weighted by Crippen LogP contribution is 2.55. The average Bonchev–Trinajstić information content (AvgIpc) is 3.42. The largest absolute Gasteiger partial charge is 0.471 e. The second kappa shape index (κ2) is 9.70. The van der Waals surface area contributed by atoms with E-state index in [1.54, 1.807) is 18.7 Å². The minimum Gasteiger partial charge on any atom is -0.471 e. The molecule has 0 radical (unpaired) electrons. The number of carbonyl (C=O) groups is 1. The molecular weight excluding hydrogens is 552 g/mol. The molecule has 2 aliphatic heterocycles. The highest BCUT2D eigenvalue weighted by Gasteiger charge is 2.62. The fourth-order valence-corrected chi connectivity index (χ4v) is 8.60. The van der Waals surface area contributed by atoms with E-state index in [9.17, 15) is 9.59 Å². The van der Waals surface area contributed by atoms with Crippen LogP contribution in [0.1, 0.15) is 69.6 Å². The number of nitrogens with zero attached hydrogens (tertiary/aromatic N) is 6. The molecule has 0 N–H and O–H groups in total. The van der Waals surface area contributed by atoms with Gasteiger partial charge >= 0.3 is 5.69 Å². The number of likely N-dealkylation sites (tertiary alicyclic amines) is 1. The maximum absolute atomic E-state index is 13.9. The lowest BCUT2D eigenvalue weighted by atomic mass is 9.64. The number of ketones is 1. The normalized spacial score (nSPS) is 32.8. The maximum atomic E-state index is 13.9. The number of methoxy groups -OCH3 is 1. The first-order valence-electron chi connectivity index (χ1n) is 15.8. The molecule has 5 heterocycles. The zero-order chi connectivity index (χ0) is 29.7. The first-order valence-corrected chi connectivity index (χ1v) is 15.8. The third kappa shape index (κ3) is 3.88. The minimum absolute atomic E-state index is 0.115. The van der Waals surface area contributed by atoms with Gasteiger partial charge in [-0.05, 0) is 58.9 Å². The van der Waals surface area contributed by atoms with Crippen molar-refractivity contribution < 1.29 is 23.5 Å². The highest BCUT2D eigenvalue weighted by molar-refractivity contribution is 5.91. The first kappa shape index (κ1) is 27.5. The molecule has 3 aromatic heterocycles. The van der Waals surface area contributed by atoms with E-state index in [4.69, 9.17) is 28.7 Å². The van der Waals surface area contributed by atoms with Crippen LogP contribution in [0.2, 0.25) is 0 Å². The van der Waals surface area contributed by atoms with Crippen molar-refractivity contribution >= 4 is 16.9 Å². The van der Waals surface area contributed by atoms with Gasteiger partial charge in [0.1, 0.15) is 11.9 Å². The van der Waals surface area contributed by atoms with Gasteiger partial charge in [-0.3, -0.25) is 18.8 Å². The summed E-state index contributed by atoms with van der Waals surface area (Å²) in [6.07, 6.45) is 7.33. The molecule has 1 spiro atoms. The molecular formula is C31H40N6O6. The topological polar surface area (TPSA) is 127 Å². The van der Waals surface area contributed by atoms with Crippen LogP contribution in [-0.2, 0) is 38.7 Å². The Labute approximate surface area is 249 Å². The third-order valence-corrected chi connectivity index (χ3v) is 11.2. The Kier molecular flexibility index (Phi) is 6.20. The van der Waals surface area contributed by atoms with E-state index in [1.165, 1.54) is 0 Å². The van der Waals surface area contributed by atoms with Crippen LogP contribution >= 0.6 is 0 Å². The van der Waals surface area contributed by atoms with Crippen LogP contribution in [0.25, 0.3) is 22.7 Å². The van der Waals surface area contributed by atoms with Gasteiger partial charge < -0.3 is 18.7 Å². The second-order valence-electron chi connectivity index (χ2n) is 13.5. The molecule has 0 bridgehead atoms. The van der Waals surface area contributed by atoms with E-state index in [-0.39, 0.29) is 35.6 Å². The highest BCUT2D eigenvalue weighted by atomic mass is 16.5. The van der Waals surface area contributed by atoms with Crippen molar-refractivity contribution in [3.63, 3.8) is 0 Å². The lowest BCUT2D eigenvalue weighted by Crippen LogP contribution is -2.41. The Morgan fingerprint density at radius 1 is 1.09 bits per heavy atom. The van der Waals surface area contributed by atoms with Crippen molar-refractivity contribution in [1.82, 2.24) is 29.2 Å². The van der Waals surface area contributed by atoms with Gasteiger partial charge in [-0.15, -0.1) is 0 Å². The van der Waals surface area contributed by atoms with Gasteiger partial charge in [0.2, 0.25) is 5.88 Å². The summed E-state index contributed by atoms with van der Waals surface area (Å²) in [5.74, 6) is 1.94. The minimum atomic E-state index is -0.601. The summed E-state index contributed by atoms with van der Waals surface area (Å²) in [6, 6.07) is 0.115. The summed E-state index contributed by atoms with van der Waals surface area (Å²) in [7, 11) is 5.57. The second-order valence-corrected chi connectivity index (χ2v) is 13.5. The van der Waals surface area contributed by atoms with Crippen LogP contribution in [0.3, 0.4) is 0 Å². The molecule has 2 saturated carbocycles. The van der Waals surface area contributed by atoms with Gasteiger partial charge in [0.05, 0.1) is 30.3 Å². The number of hydrogen-bond acceptors (Lipinski definition) is 10. The van der Waals surface area contributed by atoms with Crippen LogP contribution in [0, 0.1) is 5.92 Å². The van der Waals surface area contributed by atoms with E-state index < -0.39 is 11.0 Å². The SMILES string of the molecule is CO[C@@H]1C[C@@H]([C@H](C)Oc2nc(-c3noc4c3CCC[C@@]43CCCCC3=O)nc3c2n(C)c(=O)n3[C@@]23COC[C@@H]2C3)N(C)C1. The Hall–Kier alpha value is -3.09. The van der Waals surface area contributed by atoms with E-state index in [2.05, 4.69) is 17.1 Å². The molecule has 0 amide bonds. The van der Waals surface area contributed by atoms with Crippen LogP contribution in [0.4, 0.5) is 0 Å². The Balaban J connectivity index is 1.28. The molecule has 3 aromatic rings. The number of fused-ring (bicyclic) bond motifs is 4. The predicted octanol–water partition coefficient (Wildman–Crippen LogP) is 2.73. The predicted molar refractivity (Wildman–Crippen MR) is 155 cm³/mol. The molecule has 0 aromatic carbocycles. The van der Waals surface area contributed by atoms with Crippen molar-refractivity contribution in [2.24, 2.45) is 13.0 Å². The van der Waals surface area contributed by atoms with Crippen molar-refractivity contribution in [1.29, 1.82) is 0 Å². The molecule has 12 nitrogen and oxygen atoms in total. The number of carbonyl (C=O) groups excluding carboxylic acids is 1.